The molecule has 2 aliphatic carbocycles. The van der Waals surface area contributed by atoms with Crippen molar-refractivity contribution in [3.63, 3.8) is 0 Å². The number of aromatic nitrogens is 7. The summed E-state index contributed by atoms with van der Waals surface area (Å²) in [5.41, 5.74) is 4.50. The number of anilines is 2. The summed E-state index contributed by atoms with van der Waals surface area (Å²) in [5, 5.41) is 22.8. The highest BCUT2D eigenvalue weighted by Crippen LogP contribution is 2.58. The van der Waals surface area contributed by atoms with Crippen molar-refractivity contribution in [3.8, 4) is 11.5 Å². The first-order valence-electron chi connectivity index (χ1n) is 11.0. The van der Waals surface area contributed by atoms with E-state index < -0.39 is 0 Å². The van der Waals surface area contributed by atoms with E-state index in [-0.39, 0.29) is 6.04 Å². The van der Waals surface area contributed by atoms with Gasteiger partial charge in [-0.05, 0) is 47.9 Å². The highest BCUT2D eigenvalue weighted by molar-refractivity contribution is 9.10. The molecule has 1 aliphatic heterocycles. The van der Waals surface area contributed by atoms with Crippen LogP contribution >= 0.6 is 15.9 Å². The number of fused-ring (bicyclic) bond motifs is 2. The molecule has 33 heavy (non-hydrogen) atoms. The van der Waals surface area contributed by atoms with E-state index in [0.717, 1.165) is 36.1 Å². The number of halogens is 1. The van der Waals surface area contributed by atoms with Gasteiger partial charge < -0.3 is 14.6 Å². The SMILES string of the molecule is Brc1ccc2c(c1)CC(Nc1ncc(-c3nnc(N4C[C@@H]5C(c6cn[nH]n6)[C@@H]5C4)o3)cn1)C2. The van der Waals surface area contributed by atoms with Gasteiger partial charge in [-0.1, -0.05) is 27.1 Å². The van der Waals surface area contributed by atoms with Gasteiger partial charge >= 0.3 is 6.01 Å². The van der Waals surface area contributed by atoms with Crippen molar-refractivity contribution in [1.29, 1.82) is 0 Å². The number of benzene rings is 1. The van der Waals surface area contributed by atoms with E-state index in [1.165, 1.54) is 11.1 Å². The van der Waals surface area contributed by atoms with Crippen molar-refractivity contribution in [3.05, 3.63) is 58.1 Å². The lowest BCUT2D eigenvalue weighted by Gasteiger charge is -2.15. The number of nitrogens with zero attached hydrogens (tertiary/aromatic N) is 7. The molecule has 7 rings (SSSR count). The molecule has 3 aromatic heterocycles. The van der Waals surface area contributed by atoms with Gasteiger partial charge in [0.15, 0.2) is 0 Å². The van der Waals surface area contributed by atoms with E-state index in [9.17, 15) is 0 Å². The molecule has 1 saturated heterocycles. The van der Waals surface area contributed by atoms with Gasteiger partial charge in [-0.25, -0.2) is 9.97 Å². The Morgan fingerprint density at radius 1 is 1.03 bits per heavy atom. The summed E-state index contributed by atoms with van der Waals surface area (Å²) >= 11 is 3.55. The van der Waals surface area contributed by atoms with E-state index in [1.807, 2.05) is 6.20 Å². The van der Waals surface area contributed by atoms with Crippen molar-refractivity contribution in [2.75, 3.05) is 23.3 Å². The molecule has 1 aromatic carbocycles. The third kappa shape index (κ3) is 3.38. The fraction of sp³-hybridized carbons (Fsp3) is 0.364. The highest BCUT2D eigenvalue weighted by atomic mass is 79.9. The van der Waals surface area contributed by atoms with E-state index in [0.29, 0.717) is 41.2 Å². The Hall–Kier alpha value is -3.34. The lowest BCUT2D eigenvalue weighted by atomic mass is 10.1. The van der Waals surface area contributed by atoms with Gasteiger partial charge in [0.25, 0.3) is 5.89 Å². The first-order valence-corrected chi connectivity index (χ1v) is 11.8. The van der Waals surface area contributed by atoms with E-state index >= 15 is 0 Å². The molecule has 4 heterocycles. The summed E-state index contributed by atoms with van der Waals surface area (Å²) in [6.45, 7) is 1.78. The average Bonchev–Trinajstić information content (AvgIpc) is 3.45. The van der Waals surface area contributed by atoms with E-state index in [1.54, 1.807) is 12.4 Å². The fourth-order valence-electron chi connectivity index (χ4n) is 5.34. The average molecular weight is 506 g/mol. The van der Waals surface area contributed by atoms with Crippen molar-refractivity contribution in [1.82, 2.24) is 35.6 Å². The van der Waals surface area contributed by atoms with Crippen molar-refractivity contribution >= 4 is 27.9 Å². The summed E-state index contributed by atoms with van der Waals surface area (Å²) < 4.78 is 7.05. The van der Waals surface area contributed by atoms with Gasteiger partial charge in [0, 0.05) is 41.9 Å². The number of rotatable bonds is 5. The third-order valence-electron chi connectivity index (χ3n) is 6.99. The summed E-state index contributed by atoms with van der Waals surface area (Å²) in [7, 11) is 0. The zero-order valence-electron chi connectivity index (χ0n) is 17.5. The van der Waals surface area contributed by atoms with Gasteiger partial charge in [-0.2, -0.15) is 15.4 Å². The Morgan fingerprint density at radius 2 is 1.85 bits per heavy atom. The van der Waals surface area contributed by atoms with E-state index in [4.69, 9.17) is 4.42 Å². The number of piperidine rings is 1. The summed E-state index contributed by atoms with van der Waals surface area (Å²) in [4.78, 5) is 11.1. The van der Waals surface area contributed by atoms with Crippen LogP contribution in [0.2, 0.25) is 0 Å². The van der Waals surface area contributed by atoms with Crippen LogP contribution in [0, 0.1) is 11.8 Å². The summed E-state index contributed by atoms with van der Waals surface area (Å²) in [5.74, 6) is 2.67. The van der Waals surface area contributed by atoms with Crippen LogP contribution in [0.4, 0.5) is 12.0 Å². The minimum atomic E-state index is 0.290. The van der Waals surface area contributed by atoms with Gasteiger partial charge in [-0.15, -0.1) is 5.10 Å². The molecule has 10 nitrogen and oxygen atoms in total. The quantitative estimate of drug-likeness (QED) is 0.421. The zero-order valence-corrected chi connectivity index (χ0v) is 19.1. The molecule has 0 amide bonds. The number of aromatic amines is 1. The van der Waals surface area contributed by atoms with Crippen LogP contribution in [-0.4, -0.2) is 54.7 Å². The maximum Gasteiger partial charge on any atom is 0.318 e. The lowest BCUT2D eigenvalue weighted by molar-refractivity contribution is 0.543. The fourth-order valence-corrected chi connectivity index (χ4v) is 5.75. The normalized spacial score (nSPS) is 25.2. The van der Waals surface area contributed by atoms with Crippen LogP contribution in [0.15, 0.2) is 45.7 Å². The van der Waals surface area contributed by atoms with Crippen LogP contribution in [0.25, 0.3) is 11.5 Å². The minimum Gasteiger partial charge on any atom is -0.403 e. The Morgan fingerprint density at radius 3 is 2.64 bits per heavy atom. The maximum atomic E-state index is 5.94. The maximum absolute atomic E-state index is 5.94. The summed E-state index contributed by atoms with van der Waals surface area (Å²) in [6.07, 6.45) is 7.21. The van der Waals surface area contributed by atoms with Crippen molar-refractivity contribution < 1.29 is 4.42 Å². The van der Waals surface area contributed by atoms with Crippen LogP contribution in [0.1, 0.15) is 22.7 Å². The highest BCUT2D eigenvalue weighted by Gasteiger charge is 2.58. The molecule has 2 fully saturated rings. The second kappa shape index (κ2) is 7.34. The smallest absolute Gasteiger partial charge is 0.318 e. The van der Waals surface area contributed by atoms with Gasteiger partial charge in [0.05, 0.1) is 17.5 Å². The van der Waals surface area contributed by atoms with Crippen LogP contribution in [-0.2, 0) is 12.8 Å². The molecule has 4 aromatic rings. The number of hydrogen-bond donors (Lipinski definition) is 2. The van der Waals surface area contributed by atoms with Crippen molar-refractivity contribution in [2.24, 2.45) is 11.8 Å². The molecule has 0 radical (unpaired) electrons. The number of hydrogen-bond acceptors (Lipinski definition) is 9. The lowest BCUT2D eigenvalue weighted by Crippen LogP contribution is -2.23. The molecule has 166 valence electrons. The van der Waals surface area contributed by atoms with Gasteiger partial charge in [0.2, 0.25) is 5.95 Å². The zero-order chi connectivity index (χ0) is 21.9. The topological polar surface area (TPSA) is 122 Å². The van der Waals surface area contributed by atoms with Crippen LogP contribution in [0.5, 0.6) is 0 Å². The molecule has 11 heteroatoms. The molecule has 0 bridgehead atoms. The first kappa shape index (κ1) is 19.2. The molecular formula is C22H20BrN9O. The Kier molecular flexibility index (Phi) is 4.26. The molecule has 3 aliphatic rings. The Balaban J connectivity index is 0.988. The molecular weight excluding hydrogens is 486 g/mol. The second-order valence-electron chi connectivity index (χ2n) is 9.00. The molecule has 2 unspecified atom stereocenters. The Bertz CT molecular complexity index is 1290. The van der Waals surface area contributed by atoms with Crippen LogP contribution in [0.3, 0.4) is 0 Å². The van der Waals surface area contributed by atoms with Crippen molar-refractivity contribution in [2.45, 2.75) is 24.8 Å². The van der Waals surface area contributed by atoms with Gasteiger partial charge in [-0.3, -0.25) is 0 Å². The Labute approximate surface area is 197 Å². The van der Waals surface area contributed by atoms with Gasteiger partial charge in [0.1, 0.15) is 0 Å². The predicted molar refractivity (Wildman–Crippen MR) is 123 cm³/mol. The monoisotopic (exact) mass is 505 g/mol. The molecule has 4 atom stereocenters. The summed E-state index contributed by atoms with van der Waals surface area (Å²) in [6, 6.07) is 7.29. The van der Waals surface area contributed by atoms with E-state index in [2.05, 4.69) is 79.9 Å². The first-order chi connectivity index (χ1) is 16.2. The predicted octanol–water partition coefficient (Wildman–Crippen LogP) is 2.84. The largest absolute Gasteiger partial charge is 0.403 e. The number of nitrogens with one attached hydrogen (secondary N) is 2. The molecule has 2 N–H and O–H groups in total. The number of H-pyrrole nitrogens is 1. The second-order valence-corrected chi connectivity index (χ2v) is 9.92. The van der Waals surface area contributed by atoms with Crippen LogP contribution < -0.4 is 10.2 Å². The standard InChI is InChI=1S/C22H20BrN9O/c23-14-2-1-11-4-15(5-12(11)3-14)27-21-24-6-13(7-25-21)20-29-30-22(33-20)32-9-16-17(10-32)19(16)18-8-26-31-28-18/h1-3,6-8,15-17,19H,4-5,9-10H2,(H,24,25,27)(H,26,28,31)/t15?,16-,17+,19?. The molecule has 0 spiro atoms. The minimum absolute atomic E-state index is 0.290. The third-order valence-corrected chi connectivity index (χ3v) is 7.48. The molecule has 1 saturated carbocycles.